The average Bonchev–Trinajstić information content (AvgIpc) is 3.27. The van der Waals surface area contributed by atoms with Crippen LogP contribution in [0.15, 0.2) is 23.0 Å². The van der Waals surface area contributed by atoms with Crippen molar-refractivity contribution < 1.29 is 24.3 Å². The number of aliphatic hydroxyl groups is 1. The monoisotopic (exact) mass is 430 g/mol. The summed E-state index contributed by atoms with van der Waals surface area (Å²) in [6, 6.07) is 0. The summed E-state index contributed by atoms with van der Waals surface area (Å²) in [5.41, 5.74) is 0.500. The standard InChI is InChI=1S/C22H30N4O5/c27-17-13-26(15-20(30)24-9-5-2-6-10-24)22(31)21(17)16-11-18(28)25(12-16)14-19(29)23-7-3-1-4-8-23/h11,27H,1-10,12-15H2. The summed E-state index contributed by atoms with van der Waals surface area (Å²) < 4.78 is 0. The lowest BCUT2D eigenvalue weighted by Crippen LogP contribution is -2.44. The number of amides is 4. The van der Waals surface area contributed by atoms with Crippen LogP contribution < -0.4 is 0 Å². The summed E-state index contributed by atoms with van der Waals surface area (Å²) in [5, 5.41) is 10.4. The second-order valence-electron chi connectivity index (χ2n) is 8.73. The number of carbonyl (C=O) groups is 4. The minimum absolute atomic E-state index is 0.0295. The molecule has 4 heterocycles. The van der Waals surface area contributed by atoms with E-state index in [2.05, 4.69) is 0 Å². The van der Waals surface area contributed by atoms with Gasteiger partial charge in [-0.15, -0.1) is 0 Å². The molecule has 0 aliphatic carbocycles. The summed E-state index contributed by atoms with van der Waals surface area (Å²) in [6.45, 7) is 2.79. The van der Waals surface area contributed by atoms with E-state index in [9.17, 15) is 24.3 Å². The number of likely N-dealkylation sites (tertiary alicyclic amines) is 2. The van der Waals surface area contributed by atoms with Crippen molar-refractivity contribution in [3.63, 3.8) is 0 Å². The molecular formula is C22H30N4O5. The highest BCUT2D eigenvalue weighted by Crippen LogP contribution is 2.28. The van der Waals surface area contributed by atoms with Crippen molar-refractivity contribution in [3.05, 3.63) is 23.0 Å². The second-order valence-corrected chi connectivity index (χ2v) is 8.73. The lowest BCUT2D eigenvalue weighted by Gasteiger charge is -2.29. The van der Waals surface area contributed by atoms with E-state index in [1.165, 1.54) is 15.9 Å². The first-order valence-corrected chi connectivity index (χ1v) is 11.2. The van der Waals surface area contributed by atoms with E-state index in [-0.39, 0.29) is 55.2 Å². The third-order valence-electron chi connectivity index (χ3n) is 6.49. The number of hydrogen-bond acceptors (Lipinski definition) is 5. The Hall–Kier alpha value is -2.84. The van der Waals surface area contributed by atoms with E-state index in [0.29, 0.717) is 31.8 Å². The Morgan fingerprint density at radius 2 is 1.29 bits per heavy atom. The van der Waals surface area contributed by atoms with E-state index in [4.69, 9.17) is 0 Å². The Kier molecular flexibility index (Phi) is 6.29. The van der Waals surface area contributed by atoms with Crippen molar-refractivity contribution in [2.75, 3.05) is 52.4 Å². The molecule has 2 fully saturated rings. The molecule has 9 nitrogen and oxygen atoms in total. The molecule has 0 radical (unpaired) electrons. The molecule has 4 aliphatic heterocycles. The van der Waals surface area contributed by atoms with Crippen LogP contribution in [0.3, 0.4) is 0 Å². The van der Waals surface area contributed by atoms with Gasteiger partial charge in [0.1, 0.15) is 18.8 Å². The third kappa shape index (κ3) is 4.60. The third-order valence-corrected chi connectivity index (χ3v) is 6.49. The van der Waals surface area contributed by atoms with Crippen molar-refractivity contribution in [3.8, 4) is 0 Å². The average molecular weight is 431 g/mol. The van der Waals surface area contributed by atoms with Gasteiger partial charge in [0.25, 0.3) is 5.91 Å². The summed E-state index contributed by atoms with van der Waals surface area (Å²) in [4.78, 5) is 56.6. The molecule has 2 saturated heterocycles. The fraction of sp³-hybridized carbons (Fsp3) is 0.636. The molecule has 0 saturated carbocycles. The highest BCUT2D eigenvalue weighted by atomic mass is 16.3. The van der Waals surface area contributed by atoms with Gasteiger partial charge in [-0.1, -0.05) is 0 Å². The van der Waals surface area contributed by atoms with Gasteiger partial charge in [-0.05, 0) is 44.1 Å². The van der Waals surface area contributed by atoms with Crippen LogP contribution in [0.5, 0.6) is 0 Å². The smallest absolute Gasteiger partial charge is 0.258 e. The summed E-state index contributed by atoms with van der Waals surface area (Å²) >= 11 is 0. The Labute approximate surface area is 181 Å². The van der Waals surface area contributed by atoms with Crippen molar-refractivity contribution in [2.45, 2.75) is 38.5 Å². The van der Waals surface area contributed by atoms with Crippen molar-refractivity contribution in [1.82, 2.24) is 19.6 Å². The molecular weight excluding hydrogens is 400 g/mol. The second kappa shape index (κ2) is 9.11. The molecule has 0 aromatic rings. The van der Waals surface area contributed by atoms with Gasteiger partial charge in [0.15, 0.2) is 0 Å². The van der Waals surface area contributed by atoms with Crippen molar-refractivity contribution >= 4 is 23.6 Å². The van der Waals surface area contributed by atoms with Crippen LogP contribution in [-0.2, 0) is 19.2 Å². The van der Waals surface area contributed by atoms with Gasteiger partial charge in [0.05, 0.1) is 12.1 Å². The zero-order chi connectivity index (χ0) is 22.0. The molecule has 0 atom stereocenters. The van der Waals surface area contributed by atoms with Crippen molar-refractivity contribution in [2.24, 2.45) is 0 Å². The first-order chi connectivity index (χ1) is 14.9. The molecule has 9 heteroatoms. The highest BCUT2D eigenvalue weighted by Gasteiger charge is 2.38. The fourth-order valence-corrected chi connectivity index (χ4v) is 4.73. The van der Waals surface area contributed by atoms with Crippen LogP contribution in [0.2, 0.25) is 0 Å². The molecule has 168 valence electrons. The van der Waals surface area contributed by atoms with Gasteiger partial charge in [-0.25, -0.2) is 0 Å². The van der Waals surface area contributed by atoms with E-state index < -0.39 is 5.91 Å². The van der Waals surface area contributed by atoms with Crippen LogP contribution in [0.25, 0.3) is 0 Å². The normalized spacial score (nSPS) is 22.5. The fourth-order valence-electron chi connectivity index (χ4n) is 4.73. The number of rotatable bonds is 5. The minimum atomic E-state index is -0.439. The Morgan fingerprint density at radius 3 is 1.84 bits per heavy atom. The van der Waals surface area contributed by atoms with Gasteiger partial charge >= 0.3 is 0 Å². The lowest BCUT2D eigenvalue weighted by molar-refractivity contribution is -0.138. The zero-order valence-electron chi connectivity index (χ0n) is 17.8. The van der Waals surface area contributed by atoms with E-state index in [0.717, 1.165) is 38.5 Å². The van der Waals surface area contributed by atoms with Gasteiger partial charge in [-0.2, -0.15) is 0 Å². The van der Waals surface area contributed by atoms with Gasteiger partial charge in [0, 0.05) is 38.8 Å². The van der Waals surface area contributed by atoms with Gasteiger partial charge in [0.2, 0.25) is 17.7 Å². The number of aliphatic hydroxyl groups excluding tert-OH is 1. The molecule has 0 unspecified atom stereocenters. The highest BCUT2D eigenvalue weighted by molar-refractivity contribution is 6.06. The molecule has 0 aromatic carbocycles. The van der Waals surface area contributed by atoms with Gasteiger partial charge in [-0.3, -0.25) is 19.2 Å². The molecule has 0 spiro atoms. The quantitative estimate of drug-likeness (QED) is 0.682. The van der Waals surface area contributed by atoms with E-state index >= 15 is 0 Å². The SMILES string of the molecule is O=C1C=C(C2=C(O)CN(CC(=O)N3CCCCC3)C2=O)CN1CC(=O)N1CCCCC1. The lowest BCUT2D eigenvalue weighted by atomic mass is 10.1. The van der Waals surface area contributed by atoms with Gasteiger partial charge < -0.3 is 24.7 Å². The first kappa shape index (κ1) is 21.4. The molecule has 31 heavy (non-hydrogen) atoms. The maximum absolute atomic E-state index is 12.9. The van der Waals surface area contributed by atoms with Crippen molar-refractivity contribution in [1.29, 1.82) is 0 Å². The number of carbonyl (C=O) groups excluding carboxylic acids is 4. The molecule has 0 aromatic heterocycles. The minimum Gasteiger partial charge on any atom is -0.510 e. The first-order valence-electron chi connectivity index (χ1n) is 11.2. The Morgan fingerprint density at radius 1 is 0.774 bits per heavy atom. The largest absolute Gasteiger partial charge is 0.510 e. The summed E-state index contributed by atoms with van der Waals surface area (Å²) in [5.74, 6) is -1.11. The number of nitrogens with zero attached hydrogens (tertiary/aromatic N) is 4. The van der Waals surface area contributed by atoms with E-state index in [1.807, 2.05) is 0 Å². The number of hydrogen-bond donors (Lipinski definition) is 1. The van der Waals surface area contributed by atoms with Crippen LogP contribution >= 0.6 is 0 Å². The van der Waals surface area contributed by atoms with E-state index in [1.54, 1.807) is 9.80 Å². The molecule has 4 aliphatic rings. The predicted molar refractivity (Wildman–Crippen MR) is 112 cm³/mol. The Balaban J connectivity index is 1.35. The number of piperidine rings is 2. The Bertz CT molecular complexity index is 837. The van der Waals surface area contributed by atoms with Crippen LogP contribution in [0.1, 0.15) is 38.5 Å². The van der Waals surface area contributed by atoms with Crippen LogP contribution in [-0.4, -0.2) is 101 Å². The van der Waals surface area contributed by atoms with Crippen LogP contribution in [0, 0.1) is 0 Å². The maximum atomic E-state index is 12.9. The molecule has 0 bridgehead atoms. The molecule has 1 N–H and O–H groups in total. The predicted octanol–water partition coefficient (Wildman–Crippen LogP) is 0.434. The van der Waals surface area contributed by atoms with Crippen LogP contribution in [0.4, 0.5) is 0 Å². The maximum Gasteiger partial charge on any atom is 0.258 e. The molecule has 4 amide bonds. The zero-order valence-corrected chi connectivity index (χ0v) is 17.8. The summed E-state index contributed by atoms with van der Waals surface area (Å²) in [7, 11) is 0. The summed E-state index contributed by atoms with van der Waals surface area (Å²) in [6.07, 6.45) is 7.44. The molecule has 4 rings (SSSR count). The topological polar surface area (TPSA) is 101 Å².